The van der Waals surface area contributed by atoms with E-state index in [0.717, 1.165) is 31.3 Å². The average molecular weight is 519 g/mol. The summed E-state index contributed by atoms with van der Waals surface area (Å²) in [6, 6.07) is 20.5. The van der Waals surface area contributed by atoms with E-state index in [0.29, 0.717) is 18.9 Å². The van der Waals surface area contributed by atoms with Crippen molar-refractivity contribution in [2.75, 3.05) is 43.0 Å². The van der Waals surface area contributed by atoms with E-state index in [1.807, 2.05) is 35.2 Å². The molecule has 0 saturated carbocycles. The number of amides is 1. The number of nitrogens with zero attached hydrogens (tertiary/aromatic N) is 3. The average Bonchev–Trinajstić information content (AvgIpc) is 3.39. The molecule has 2 N–H and O–H groups in total. The van der Waals surface area contributed by atoms with Gasteiger partial charge in [0.2, 0.25) is 5.91 Å². The van der Waals surface area contributed by atoms with Gasteiger partial charge in [0.15, 0.2) is 5.96 Å². The number of halogens is 1. The molecule has 0 bridgehead atoms. The van der Waals surface area contributed by atoms with Crippen molar-refractivity contribution >= 4 is 47.2 Å². The van der Waals surface area contributed by atoms with Gasteiger partial charge in [-0.2, -0.15) is 0 Å². The number of benzene rings is 2. The third-order valence-corrected chi connectivity index (χ3v) is 5.72. The SMILES string of the molecule is CN=C(NCC1CCN(c2ccccc2)C1)NC1CC(=O)N(c2ccccc2)C1.I. The van der Waals surface area contributed by atoms with Crippen molar-refractivity contribution < 1.29 is 4.79 Å². The van der Waals surface area contributed by atoms with Gasteiger partial charge in [0.1, 0.15) is 0 Å². The van der Waals surface area contributed by atoms with Crippen LogP contribution in [0.5, 0.6) is 0 Å². The van der Waals surface area contributed by atoms with E-state index in [1.165, 1.54) is 12.1 Å². The summed E-state index contributed by atoms with van der Waals surface area (Å²) in [6.45, 7) is 3.68. The summed E-state index contributed by atoms with van der Waals surface area (Å²) in [7, 11) is 1.78. The molecular weight excluding hydrogens is 489 g/mol. The lowest BCUT2D eigenvalue weighted by Crippen LogP contribution is -2.46. The fraction of sp³-hybridized carbons (Fsp3) is 0.391. The maximum absolute atomic E-state index is 12.4. The minimum atomic E-state index is 0. The van der Waals surface area contributed by atoms with Crippen LogP contribution < -0.4 is 20.4 Å². The molecule has 2 atom stereocenters. The van der Waals surface area contributed by atoms with Gasteiger partial charge < -0.3 is 20.4 Å². The summed E-state index contributed by atoms with van der Waals surface area (Å²) in [5.74, 6) is 1.51. The van der Waals surface area contributed by atoms with Crippen LogP contribution in [-0.4, -0.2) is 51.1 Å². The molecule has 30 heavy (non-hydrogen) atoms. The standard InChI is InChI=1S/C23H29N5O.HI/c1-24-23(25-15-18-12-13-27(16-18)20-8-4-2-5-9-20)26-19-14-22(29)28(17-19)21-10-6-3-7-11-21;/h2-11,18-19H,12-17H2,1H3,(H2,24,25,26);1H. The zero-order chi connectivity index (χ0) is 20.1. The zero-order valence-corrected chi connectivity index (χ0v) is 19.7. The Morgan fingerprint density at radius 2 is 1.70 bits per heavy atom. The van der Waals surface area contributed by atoms with Crippen molar-refractivity contribution in [1.82, 2.24) is 10.6 Å². The summed E-state index contributed by atoms with van der Waals surface area (Å²) in [6.07, 6.45) is 1.66. The highest BCUT2D eigenvalue weighted by Gasteiger charge is 2.31. The number of rotatable bonds is 5. The molecule has 160 valence electrons. The van der Waals surface area contributed by atoms with Crippen LogP contribution in [0, 0.1) is 5.92 Å². The van der Waals surface area contributed by atoms with Gasteiger partial charge in [-0.15, -0.1) is 24.0 Å². The van der Waals surface area contributed by atoms with Crippen molar-refractivity contribution in [3.63, 3.8) is 0 Å². The van der Waals surface area contributed by atoms with Gasteiger partial charge in [-0.05, 0) is 36.6 Å². The second-order valence-electron chi connectivity index (χ2n) is 7.77. The van der Waals surface area contributed by atoms with E-state index >= 15 is 0 Å². The molecule has 2 unspecified atom stereocenters. The predicted octanol–water partition coefficient (Wildman–Crippen LogP) is 3.10. The highest BCUT2D eigenvalue weighted by Crippen LogP contribution is 2.23. The predicted molar refractivity (Wildman–Crippen MR) is 134 cm³/mol. The number of aliphatic imine (C=N–C) groups is 1. The minimum Gasteiger partial charge on any atom is -0.371 e. The van der Waals surface area contributed by atoms with Crippen LogP contribution in [0.15, 0.2) is 65.7 Å². The molecule has 0 aliphatic carbocycles. The Hall–Kier alpha value is -2.29. The summed E-state index contributed by atoms with van der Waals surface area (Å²) >= 11 is 0. The number of guanidine groups is 1. The van der Waals surface area contributed by atoms with E-state index in [4.69, 9.17) is 0 Å². The number of hydrogen-bond donors (Lipinski definition) is 2. The molecule has 7 heteroatoms. The van der Waals surface area contributed by atoms with Gasteiger partial charge in [-0.1, -0.05) is 36.4 Å². The van der Waals surface area contributed by atoms with Gasteiger partial charge >= 0.3 is 0 Å². The third kappa shape index (κ3) is 5.44. The van der Waals surface area contributed by atoms with E-state index in [9.17, 15) is 4.79 Å². The van der Waals surface area contributed by atoms with E-state index in [2.05, 4.69) is 50.9 Å². The largest absolute Gasteiger partial charge is 0.371 e. The van der Waals surface area contributed by atoms with Crippen molar-refractivity contribution in [3.05, 3.63) is 60.7 Å². The first kappa shape index (κ1) is 22.4. The lowest BCUT2D eigenvalue weighted by atomic mass is 10.1. The zero-order valence-electron chi connectivity index (χ0n) is 17.3. The summed E-state index contributed by atoms with van der Waals surface area (Å²) in [5, 5.41) is 6.89. The summed E-state index contributed by atoms with van der Waals surface area (Å²) in [5.41, 5.74) is 2.25. The Kier molecular flexibility index (Phi) is 7.95. The van der Waals surface area contributed by atoms with Gasteiger partial charge in [-0.25, -0.2) is 0 Å². The number of hydrogen-bond acceptors (Lipinski definition) is 3. The summed E-state index contributed by atoms with van der Waals surface area (Å²) in [4.78, 5) is 21.1. The van der Waals surface area contributed by atoms with Crippen LogP contribution in [0.3, 0.4) is 0 Å². The van der Waals surface area contributed by atoms with Crippen LogP contribution in [0.4, 0.5) is 11.4 Å². The van der Waals surface area contributed by atoms with Gasteiger partial charge in [0, 0.05) is 51.0 Å². The van der Waals surface area contributed by atoms with Crippen LogP contribution in [0.2, 0.25) is 0 Å². The van der Waals surface area contributed by atoms with Crippen LogP contribution >= 0.6 is 24.0 Å². The molecule has 2 aromatic rings. The lowest BCUT2D eigenvalue weighted by molar-refractivity contribution is -0.117. The molecule has 0 spiro atoms. The molecular formula is C23H30IN5O. The highest BCUT2D eigenvalue weighted by atomic mass is 127. The highest BCUT2D eigenvalue weighted by molar-refractivity contribution is 14.0. The molecule has 2 saturated heterocycles. The first-order chi connectivity index (χ1) is 14.2. The smallest absolute Gasteiger partial charge is 0.229 e. The Labute approximate surface area is 195 Å². The first-order valence-electron chi connectivity index (χ1n) is 10.4. The second kappa shape index (κ2) is 10.7. The molecule has 1 amide bonds. The van der Waals surface area contributed by atoms with E-state index in [-0.39, 0.29) is 35.9 Å². The van der Waals surface area contributed by atoms with Gasteiger partial charge in [-0.3, -0.25) is 9.79 Å². The van der Waals surface area contributed by atoms with Crippen LogP contribution in [0.25, 0.3) is 0 Å². The molecule has 4 rings (SSSR count). The number of anilines is 2. The molecule has 2 heterocycles. The second-order valence-corrected chi connectivity index (χ2v) is 7.77. The fourth-order valence-electron chi connectivity index (χ4n) is 4.16. The van der Waals surface area contributed by atoms with Crippen molar-refractivity contribution in [2.45, 2.75) is 18.9 Å². The minimum absolute atomic E-state index is 0. The van der Waals surface area contributed by atoms with E-state index < -0.39 is 0 Å². The molecule has 2 fully saturated rings. The number of carbonyl (C=O) groups is 1. The number of nitrogens with one attached hydrogen (secondary N) is 2. The molecule has 2 aliphatic heterocycles. The van der Waals surface area contributed by atoms with Crippen LogP contribution in [-0.2, 0) is 4.79 Å². The lowest BCUT2D eigenvalue weighted by Gasteiger charge is -2.21. The van der Waals surface area contributed by atoms with Crippen molar-refractivity contribution in [3.8, 4) is 0 Å². The molecule has 2 aliphatic rings. The fourth-order valence-corrected chi connectivity index (χ4v) is 4.16. The first-order valence-corrected chi connectivity index (χ1v) is 10.4. The Bertz CT molecular complexity index is 845. The quantitative estimate of drug-likeness (QED) is 0.362. The molecule has 6 nitrogen and oxygen atoms in total. The Morgan fingerprint density at radius 3 is 2.37 bits per heavy atom. The maximum atomic E-state index is 12.4. The molecule has 0 radical (unpaired) electrons. The normalized spacial score (nSPS) is 21.5. The van der Waals surface area contributed by atoms with Gasteiger partial charge in [0.05, 0.1) is 6.04 Å². The van der Waals surface area contributed by atoms with Gasteiger partial charge in [0.25, 0.3) is 0 Å². The third-order valence-electron chi connectivity index (χ3n) is 5.72. The molecule has 2 aromatic carbocycles. The molecule has 0 aromatic heterocycles. The number of para-hydroxylation sites is 2. The topological polar surface area (TPSA) is 60.0 Å². The monoisotopic (exact) mass is 519 g/mol. The Balaban J connectivity index is 0.00000256. The van der Waals surface area contributed by atoms with Crippen molar-refractivity contribution in [2.24, 2.45) is 10.9 Å². The summed E-state index contributed by atoms with van der Waals surface area (Å²) < 4.78 is 0. The van der Waals surface area contributed by atoms with E-state index in [1.54, 1.807) is 7.05 Å². The number of carbonyl (C=O) groups excluding carboxylic acids is 1. The Morgan fingerprint density at radius 1 is 1.03 bits per heavy atom. The van der Waals surface area contributed by atoms with Crippen molar-refractivity contribution in [1.29, 1.82) is 0 Å². The maximum Gasteiger partial charge on any atom is 0.229 e. The van der Waals surface area contributed by atoms with Crippen LogP contribution in [0.1, 0.15) is 12.8 Å².